The van der Waals surface area contributed by atoms with Crippen molar-refractivity contribution in [1.29, 1.82) is 0 Å². The maximum Gasteiger partial charge on any atom is 0.338 e. The van der Waals surface area contributed by atoms with E-state index in [9.17, 15) is 14.4 Å². The summed E-state index contributed by atoms with van der Waals surface area (Å²) >= 11 is 0. The molecular formula is C38H56O15. The van der Waals surface area contributed by atoms with E-state index < -0.39 is 30.1 Å². The van der Waals surface area contributed by atoms with Crippen LogP contribution < -0.4 is 4.74 Å². The largest absolute Gasteiger partial charge is 0.468 e. The van der Waals surface area contributed by atoms with Crippen LogP contribution in [-0.4, -0.2) is 130 Å². The van der Waals surface area contributed by atoms with Crippen molar-refractivity contribution in [2.24, 2.45) is 0 Å². The zero-order valence-electron chi connectivity index (χ0n) is 31.0. The molecule has 2 aromatic rings. The quantitative estimate of drug-likeness (QED) is 0.0429. The summed E-state index contributed by atoms with van der Waals surface area (Å²) in [7, 11) is 0. The van der Waals surface area contributed by atoms with Crippen LogP contribution >= 0.6 is 0 Å². The first kappa shape index (κ1) is 45.5. The molecule has 0 saturated carbocycles. The Kier molecular flexibility index (Phi) is 27.3. The molecule has 0 aliphatic rings. The van der Waals surface area contributed by atoms with Gasteiger partial charge in [-0.1, -0.05) is 63.1 Å². The zero-order chi connectivity index (χ0) is 38.0. The second-order valence-corrected chi connectivity index (χ2v) is 11.1. The molecule has 0 amide bonds. The Balaban J connectivity index is 1.41. The zero-order valence-corrected chi connectivity index (χ0v) is 31.0. The number of hydrogen-bond acceptors (Lipinski definition) is 15. The van der Waals surface area contributed by atoms with Crippen molar-refractivity contribution in [3.05, 3.63) is 66.2 Å². The highest BCUT2D eigenvalue weighted by Crippen LogP contribution is 2.09. The average Bonchev–Trinajstić information content (AvgIpc) is 3.18. The van der Waals surface area contributed by atoms with Crippen molar-refractivity contribution in [2.45, 2.75) is 51.7 Å². The fraction of sp³-hybridized carbons (Fsp3) is 0.605. The Morgan fingerprint density at radius 1 is 0.472 bits per heavy atom. The van der Waals surface area contributed by atoms with Gasteiger partial charge in [0.2, 0.25) is 0 Å². The van der Waals surface area contributed by atoms with Crippen molar-refractivity contribution in [3.63, 3.8) is 0 Å². The van der Waals surface area contributed by atoms with E-state index in [1.807, 2.05) is 50.2 Å². The third-order valence-electron chi connectivity index (χ3n) is 6.92. The fourth-order valence-electron chi connectivity index (χ4n) is 4.23. The Morgan fingerprint density at radius 3 is 1.34 bits per heavy atom. The van der Waals surface area contributed by atoms with Gasteiger partial charge in [0.25, 0.3) is 0 Å². The van der Waals surface area contributed by atoms with Gasteiger partial charge in [0, 0.05) is 0 Å². The maximum atomic E-state index is 12.4. The molecule has 0 spiro atoms. The highest BCUT2D eigenvalue weighted by atomic mass is 16.7. The van der Waals surface area contributed by atoms with E-state index in [1.165, 1.54) is 0 Å². The topological polar surface area (TPSA) is 162 Å². The molecule has 0 aromatic heterocycles. The third kappa shape index (κ3) is 23.6. The molecule has 0 N–H and O–H groups in total. The predicted octanol–water partition coefficient (Wildman–Crippen LogP) is 4.35. The lowest BCUT2D eigenvalue weighted by atomic mass is 10.2. The first-order valence-electron chi connectivity index (χ1n) is 18.0. The lowest BCUT2D eigenvalue weighted by molar-refractivity contribution is -0.172. The smallest absolute Gasteiger partial charge is 0.338 e. The molecule has 15 nitrogen and oxygen atoms in total. The van der Waals surface area contributed by atoms with Gasteiger partial charge in [-0.3, -0.25) is 0 Å². The van der Waals surface area contributed by atoms with Crippen LogP contribution in [0.25, 0.3) is 0 Å². The number of ether oxygens (including phenoxy) is 12. The molecule has 0 aliphatic heterocycles. The highest BCUT2D eigenvalue weighted by Gasteiger charge is 2.21. The Labute approximate surface area is 312 Å². The second-order valence-electron chi connectivity index (χ2n) is 11.1. The van der Waals surface area contributed by atoms with Crippen LogP contribution in [0.1, 0.15) is 49.9 Å². The minimum absolute atomic E-state index is 0.0479. The maximum absolute atomic E-state index is 12.4. The lowest BCUT2D eigenvalue weighted by Gasteiger charge is -2.17. The lowest BCUT2D eigenvalue weighted by Crippen LogP contribution is -2.29. The monoisotopic (exact) mass is 752 g/mol. The molecule has 0 radical (unpaired) electrons. The molecule has 0 bridgehead atoms. The van der Waals surface area contributed by atoms with Gasteiger partial charge >= 0.3 is 17.9 Å². The minimum Gasteiger partial charge on any atom is -0.468 e. The first-order valence-corrected chi connectivity index (χ1v) is 18.0. The molecular weight excluding hydrogens is 696 g/mol. The van der Waals surface area contributed by atoms with Gasteiger partial charge in [0.05, 0.1) is 65.0 Å². The van der Waals surface area contributed by atoms with Crippen LogP contribution in [0.2, 0.25) is 0 Å². The van der Waals surface area contributed by atoms with Gasteiger partial charge in [0.15, 0.2) is 19.0 Å². The number of esters is 3. The Morgan fingerprint density at radius 2 is 0.868 bits per heavy atom. The molecule has 15 heteroatoms. The molecule has 0 saturated heterocycles. The average molecular weight is 753 g/mol. The molecule has 2 atom stereocenters. The van der Waals surface area contributed by atoms with Gasteiger partial charge in [-0.2, -0.15) is 0 Å². The number of para-hydroxylation sites is 1. The first-order chi connectivity index (χ1) is 26.0. The van der Waals surface area contributed by atoms with Crippen molar-refractivity contribution in [2.75, 3.05) is 99.7 Å². The summed E-state index contributed by atoms with van der Waals surface area (Å²) < 4.78 is 64.7. The van der Waals surface area contributed by atoms with Crippen LogP contribution in [0.3, 0.4) is 0 Å². The van der Waals surface area contributed by atoms with Gasteiger partial charge in [-0.05, 0) is 37.1 Å². The van der Waals surface area contributed by atoms with Crippen molar-refractivity contribution in [1.82, 2.24) is 0 Å². The van der Waals surface area contributed by atoms with Gasteiger partial charge in [-0.25, -0.2) is 14.4 Å². The molecule has 53 heavy (non-hydrogen) atoms. The standard InChI is InChI=1S/C38H56O15/c1-3-11-34(37(40)49-27-24-43-17-20-45-29-51-33-15-9-6-10-16-33)53-31-47-22-19-44-25-28-50-38(41)35(12-4-2)52-30-46-21-18-42-23-26-48-36(39)32-13-7-5-8-14-32/h5-10,13-16,34-35H,3-4,11-12,17-31H2,1-2H3. The number of rotatable bonds is 34. The summed E-state index contributed by atoms with van der Waals surface area (Å²) in [6.45, 7) is 6.34. The Bertz CT molecular complexity index is 1180. The van der Waals surface area contributed by atoms with Crippen molar-refractivity contribution in [3.8, 4) is 5.75 Å². The number of carbonyl (C=O) groups is 3. The van der Waals surface area contributed by atoms with E-state index in [0.717, 1.165) is 12.2 Å². The van der Waals surface area contributed by atoms with Gasteiger partial charge in [0.1, 0.15) is 39.2 Å². The normalized spacial score (nSPS) is 12.2. The van der Waals surface area contributed by atoms with E-state index in [-0.39, 0.29) is 86.4 Å². The molecule has 0 aliphatic carbocycles. The van der Waals surface area contributed by atoms with E-state index in [2.05, 4.69) is 0 Å². The second kappa shape index (κ2) is 31.8. The van der Waals surface area contributed by atoms with Crippen molar-refractivity contribution < 1.29 is 71.2 Å². The van der Waals surface area contributed by atoms with E-state index in [0.29, 0.717) is 38.0 Å². The number of benzene rings is 2. The summed E-state index contributed by atoms with van der Waals surface area (Å²) in [5.74, 6) is -0.660. The number of carbonyl (C=O) groups excluding carboxylic acids is 3. The molecule has 2 unspecified atom stereocenters. The fourth-order valence-corrected chi connectivity index (χ4v) is 4.23. The summed E-state index contributed by atoms with van der Waals surface area (Å²) in [5.41, 5.74) is 0.482. The van der Waals surface area contributed by atoms with Crippen LogP contribution in [-0.2, 0) is 61.7 Å². The molecule has 2 aromatic carbocycles. The van der Waals surface area contributed by atoms with E-state index in [4.69, 9.17) is 56.8 Å². The number of hydrogen-bond donors (Lipinski definition) is 0. The van der Waals surface area contributed by atoms with E-state index in [1.54, 1.807) is 24.3 Å². The highest BCUT2D eigenvalue weighted by molar-refractivity contribution is 5.89. The molecule has 0 fully saturated rings. The van der Waals surface area contributed by atoms with Gasteiger partial charge < -0.3 is 56.8 Å². The SMILES string of the molecule is CCCC(OCOCCOCCOC(=O)C(CCC)OCOCCOCCOC(=O)c1ccccc1)C(=O)OCCOCCOCOc1ccccc1. The van der Waals surface area contributed by atoms with Crippen LogP contribution in [0.5, 0.6) is 5.75 Å². The van der Waals surface area contributed by atoms with Crippen molar-refractivity contribution >= 4 is 17.9 Å². The van der Waals surface area contributed by atoms with Gasteiger partial charge in [-0.15, -0.1) is 0 Å². The van der Waals surface area contributed by atoms with Crippen LogP contribution in [0.4, 0.5) is 0 Å². The third-order valence-corrected chi connectivity index (χ3v) is 6.92. The molecule has 2 rings (SSSR count). The summed E-state index contributed by atoms with van der Waals surface area (Å²) in [6.07, 6.45) is 0.887. The Hall–Kier alpha value is -3.67. The molecule has 0 heterocycles. The minimum atomic E-state index is -0.764. The summed E-state index contributed by atoms with van der Waals surface area (Å²) in [6, 6.07) is 18.1. The molecule has 298 valence electrons. The van der Waals surface area contributed by atoms with Crippen LogP contribution in [0.15, 0.2) is 60.7 Å². The summed E-state index contributed by atoms with van der Waals surface area (Å²) in [5, 5.41) is 0. The van der Waals surface area contributed by atoms with Crippen LogP contribution in [0, 0.1) is 0 Å². The summed E-state index contributed by atoms with van der Waals surface area (Å²) in [4.78, 5) is 36.7. The van der Waals surface area contributed by atoms with E-state index >= 15 is 0 Å². The predicted molar refractivity (Wildman–Crippen MR) is 190 cm³/mol.